The van der Waals surface area contributed by atoms with E-state index in [1.165, 1.54) is 4.90 Å². The first kappa shape index (κ1) is 24.4. The van der Waals surface area contributed by atoms with Crippen LogP contribution in [0.15, 0.2) is 48.5 Å². The van der Waals surface area contributed by atoms with Crippen molar-refractivity contribution in [3.05, 3.63) is 65.2 Å². The van der Waals surface area contributed by atoms with Crippen molar-refractivity contribution in [2.45, 2.75) is 40.3 Å². The van der Waals surface area contributed by atoms with Gasteiger partial charge in [0.15, 0.2) is 0 Å². The van der Waals surface area contributed by atoms with Crippen LogP contribution < -0.4 is 9.62 Å². The van der Waals surface area contributed by atoms with Gasteiger partial charge in [0, 0.05) is 13.1 Å². The van der Waals surface area contributed by atoms with Crippen LogP contribution in [0.3, 0.4) is 0 Å². The number of likely N-dealkylation sites (N-methyl/N-ethyl adjacent to an activating group) is 1. The Bertz CT molecular complexity index is 1040. The van der Waals surface area contributed by atoms with Crippen molar-refractivity contribution in [1.29, 1.82) is 0 Å². The summed E-state index contributed by atoms with van der Waals surface area (Å²) in [6.45, 7) is 7.51. The molecule has 2 rings (SSSR count). The lowest BCUT2D eigenvalue weighted by atomic mass is 10.1. The van der Waals surface area contributed by atoms with Crippen LogP contribution in [-0.4, -0.2) is 50.5 Å². The molecule has 0 aromatic heterocycles. The zero-order chi connectivity index (χ0) is 23.2. The van der Waals surface area contributed by atoms with Crippen LogP contribution in [0.25, 0.3) is 0 Å². The summed E-state index contributed by atoms with van der Waals surface area (Å²) in [5, 5.41) is 2.74. The Morgan fingerprint density at radius 3 is 2.19 bits per heavy atom. The highest BCUT2D eigenvalue weighted by Crippen LogP contribution is 2.20. The molecule has 0 saturated heterocycles. The first-order valence-electron chi connectivity index (χ1n) is 10.2. The van der Waals surface area contributed by atoms with Crippen LogP contribution >= 0.6 is 0 Å². The third kappa shape index (κ3) is 6.82. The van der Waals surface area contributed by atoms with Gasteiger partial charge in [0.25, 0.3) is 0 Å². The quantitative estimate of drug-likeness (QED) is 0.643. The van der Waals surface area contributed by atoms with E-state index in [9.17, 15) is 18.0 Å². The monoisotopic (exact) mass is 445 g/mol. The van der Waals surface area contributed by atoms with Crippen LogP contribution in [0.1, 0.15) is 30.5 Å². The van der Waals surface area contributed by atoms with E-state index in [2.05, 4.69) is 5.32 Å². The van der Waals surface area contributed by atoms with Gasteiger partial charge in [-0.1, -0.05) is 42.0 Å². The standard InChI is InChI=1S/C23H31N3O4S/c1-6-24-23(28)19(4)25(15-20-11-7-9-17(2)13-20)22(27)16-26(31(5,29)30)21-12-8-10-18(3)14-21/h7-14,19H,6,15-16H2,1-5H3,(H,24,28)/t19-/m0/s1. The van der Waals surface area contributed by atoms with E-state index < -0.39 is 28.5 Å². The van der Waals surface area contributed by atoms with Gasteiger partial charge in [0.1, 0.15) is 12.6 Å². The topological polar surface area (TPSA) is 86.8 Å². The number of carbonyl (C=O) groups excluding carboxylic acids is 2. The van der Waals surface area contributed by atoms with Crippen LogP contribution in [0, 0.1) is 13.8 Å². The summed E-state index contributed by atoms with van der Waals surface area (Å²) in [6.07, 6.45) is 1.07. The van der Waals surface area contributed by atoms with Crippen LogP contribution in [0.4, 0.5) is 5.69 Å². The number of hydrogen-bond donors (Lipinski definition) is 1. The molecule has 0 aliphatic carbocycles. The van der Waals surface area contributed by atoms with Gasteiger partial charge in [-0.3, -0.25) is 13.9 Å². The summed E-state index contributed by atoms with van der Waals surface area (Å²) in [4.78, 5) is 27.3. The van der Waals surface area contributed by atoms with Gasteiger partial charge in [-0.2, -0.15) is 0 Å². The Balaban J connectivity index is 2.38. The minimum Gasteiger partial charge on any atom is -0.355 e. The fraction of sp³-hybridized carbons (Fsp3) is 0.391. The summed E-state index contributed by atoms with van der Waals surface area (Å²) in [5.41, 5.74) is 3.20. The van der Waals surface area contributed by atoms with Crippen LogP contribution in [-0.2, 0) is 26.2 Å². The van der Waals surface area contributed by atoms with E-state index >= 15 is 0 Å². The lowest BCUT2D eigenvalue weighted by Gasteiger charge is -2.31. The van der Waals surface area contributed by atoms with Crippen LogP contribution in [0.5, 0.6) is 0 Å². The summed E-state index contributed by atoms with van der Waals surface area (Å²) in [5.74, 6) is -0.739. The maximum Gasteiger partial charge on any atom is 0.244 e. The van der Waals surface area contributed by atoms with E-state index in [-0.39, 0.29) is 12.5 Å². The predicted octanol–water partition coefficient (Wildman–Crippen LogP) is 2.62. The molecule has 2 aromatic carbocycles. The average Bonchev–Trinajstić information content (AvgIpc) is 2.69. The van der Waals surface area contributed by atoms with Crippen molar-refractivity contribution >= 4 is 27.5 Å². The van der Waals surface area contributed by atoms with Crippen molar-refractivity contribution in [3.8, 4) is 0 Å². The number of nitrogens with one attached hydrogen (secondary N) is 1. The molecule has 0 bridgehead atoms. The summed E-state index contributed by atoms with van der Waals surface area (Å²) in [6, 6.07) is 13.9. The van der Waals surface area contributed by atoms with Gasteiger partial charge in [-0.05, 0) is 51.0 Å². The molecule has 0 heterocycles. The first-order chi connectivity index (χ1) is 14.5. The van der Waals surface area contributed by atoms with Crippen molar-refractivity contribution in [2.75, 3.05) is 23.7 Å². The number of anilines is 1. The molecule has 31 heavy (non-hydrogen) atoms. The molecule has 8 heteroatoms. The molecule has 0 aliphatic heterocycles. The molecular formula is C23H31N3O4S. The van der Waals surface area contributed by atoms with Gasteiger partial charge in [-0.25, -0.2) is 8.42 Å². The average molecular weight is 446 g/mol. The Kier molecular flexibility index (Phi) is 8.21. The maximum absolute atomic E-state index is 13.3. The number of nitrogens with zero attached hydrogens (tertiary/aromatic N) is 2. The molecule has 1 N–H and O–H groups in total. The molecule has 0 radical (unpaired) electrons. The third-order valence-electron chi connectivity index (χ3n) is 4.92. The molecule has 0 spiro atoms. The number of sulfonamides is 1. The van der Waals surface area contributed by atoms with Gasteiger partial charge < -0.3 is 10.2 Å². The smallest absolute Gasteiger partial charge is 0.244 e. The molecule has 0 aliphatic rings. The molecule has 0 saturated carbocycles. The first-order valence-corrected chi connectivity index (χ1v) is 12.0. The Labute approximate surface area is 185 Å². The normalized spacial score (nSPS) is 12.2. The zero-order valence-electron chi connectivity index (χ0n) is 18.8. The fourth-order valence-corrected chi connectivity index (χ4v) is 4.15. The van der Waals surface area contributed by atoms with Crippen LogP contribution in [0.2, 0.25) is 0 Å². The largest absolute Gasteiger partial charge is 0.355 e. The number of rotatable bonds is 9. The molecule has 1 atom stereocenters. The number of carbonyl (C=O) groups is 2. The Hall–Kier alpha value is -2.87. The minimum absolute atomic E-state index is 0.199. The summed E-state index contributed by atoms with van der Waals surface area (Å²) in [7, 11) is -3.71. The van der Waals surface area contributed by atoms with E-state index in [0.717, 1.165) is 27.3 Å². The SMILES string of the molecule is CCNC(=O)[C@H](C)N(Cc1cccc(C)c1)C(=O)CN(c1cccc(C)c1)S(C)(=O)=O. The Morgan fingerprint density at radius 1 is 1.03 bits per heavy atom. The lowest BCUT2D eigenvalue weighted by molar-refractivity contribution is -0.139. The second-order valence-corrected chi connectivity index (χ2v) is 9.60. The van der Waals surface area contributed by atoms with Gasteiger partial charge in [0.2, 0.25) is 21.8 Å². The molecule has 2 aromatic rings. The number of hydrogen-bond acceptors (Lipinski definition) is 4. The van der Waals surface area contributed by atoms with Crippen molar-refractivity contribution in [2.24, 2.45) is 0 Å². The van der Waals surface area contributed by atoms with Crippen molar-refractivity contribution in [3.63, 3.8) is 0 Å². The third-order valence-corrected chi connectivity index (χ3v) is 6.06. The van der Waals surface area contributed by atoms with E-state index in [0.29, 0.717) is 12.2 Å². The van der Waals surface area contributed by atoms with Crippen molar-refractivity contribution < 1.29 is 18.0 Å². The highest BCUT2D eigenvalue weighted by atomic mass is 32.2. The van der Waals surface area contributed by atoms with E-state index in [4.69, 9.17) is 0 Å². The summed E-state index contributed by atoms with van der Waals surface area (Å²) < 4.78 is 26.1. The zero-order valence-corrected chi connectivity index (χ0v) is 19.6. The summed E-state index contributed by atoms with van der Waals surface area (Å²) >= 11 is 0. The Morgan fingerprint density at radius 2 is 1.65 bits per heavy atom. The highest BCUT2D eigenvalue weighted by Gasteiger charge is 2.29. The highest BCUT2D eigenvalue weighted by molar-refractivity contribution is 7.92. The molecular weight excluding hydrogens is 414 g/mol. The van der Waals surface area contributed by atoms with Gasteiger partial charge in [-0.15, -0.1) is 0 Å². The number of amides is 2. The van der Waals surface area contributed by atoms with E-state index in [1.54, 1.807) is 32.0 Å². The maximum atomic E-state index is 13.3. The molecule has 7 nitrogen and oxygen atoms in total. The number of aryl methyl sites for hydroxylation is 2. The minimum atomic E-state index is -3.71. The lowest BCUT2D eigenvalue weighted by Crippen LogP contribution is -2.51. The molecule has 168 valence electrons. The second kappa shape index (κ2) is 10.4. The number of benzene rings is 2. The molecule has 0 unspecified atom stereocenters. The second-order valence-electron chi connectivity index (χ2n) is 7.69. The fourth-order valence-electron chi connectivity index (χ4n) is 3.31. The van der Waals surface area contributed by atoms with E-state index in [1.807, 2.05) is 44.2 Å². The van der Waals surface area contributed by atoms with Gasteiger partial charge in [0.05, 0.1) is 11.9 Å². The van der Waals surface area contributed by atoms with Crippen molar-refractivity contribution in [1.82, 2.24) is 10.2 Å². The predicted molar refractivity (Wildman–Crippen MR) is 123 cm³/mol. The molecule has 2 amide bonds. The van der Waals surface area contributed by atoms with Gasteiger partial charge >= 0.3 is 0 Å². The molecule has 0 fully saturated rings.